The van der Waals surface area contributed by atoms with Crippen LogP contribution in [-0.2, 0) is 5.60 Å². The SMILES string of the molecule is CCC(O)(c1ccc(Cl)cc1)C(C)CN(C)C. The monoisotopic (exact) mass is 255 g/mol. The molecule has 0 radical (unpaired) electrons. The molecule has 0 aliphatic heterocycles. The molecule has 1 rings (SSSR count). The minimum absolute atomic E-state index is 0.170. The number of aliphatic hydroxyl groups is 1. The van der Waals surface area contributed by atoms with Crippen molar-refractivity contribution in [2.75, 3.05) is 20.6 Å². The van der Waals surface area contributed by atoms with Crippen molar-refractivity contribution in [3.63, 3.8) is 0 Å². The molecule has 0 spiro atoms. The topological polar surface area (TPSA) is 23.5 Å². The Hall–Kier alpha value is -0.570. The Bertz CT molecular complexity index is 350. The van der Waals surface area contributed by atoms with Crippen molar-refractivity contribution in [1.82, 2.24) is 4.90 Å². The Labute approximate surface area is 109 Å². The van der Waals surface area contributed by atoms with Gasteiger partial charge in [0.25, 0.3) is 0 Å². The van der Waals surface area contributed by atoms with Crippen molar-refractivity contribution in [2.24, 2.45) is 5.92 Å². The highest BCUT2D eigenvalue weighted by Crippen LogP contribution is 2.33. The number of benzene rings is 1. The van der Waals surface area contributed by atoms with E-state index in [1.807, 2.05) is 45.3 Å². The second-order valence-corrected chi connectivity index (χ2v) is 5.38. The summed E-state index contributed by atoms with van der Waals surface area (Å²) in [7, 11) is 4.04. The Morgan fingerprint density at radius 2 is 1.82 bits per heavy atom. The fourth-order valence-corrected chi connectivity index (χ4v) is 2.40. The molecule has 2 unspecified atom stereocenters. The van der Waals surface area contributed by atoms with E-state index in [2.05, 4.69) is 11.8 Å². The molecular formula is C14H22ClNO. The van der Waals surface area contributed by atoms with Gasteiger partial charge < -0.3 is 10.0 Å². The van der Waals surface area contributed by atoms with E-state index in [0.717, 1.165) is 12.1 Å². The first kappa shape index (κ1) is 14.5. The molecule has 1 aromatic rings. The third kappa shape index (κ3) is 3.44. The summed E-state index contributed by atoms with van der Waals surface area (Å²) in [5, 5.41) is 11.5. The summed E-state index contributed by atoms with van der Waals surface area (Å²) in [6.45, 7) is 4.95. The van der Waals surface area contributed by atoms with Gasteiger partial charge in [0.05, 0.1) is 5.60 Å². The lowest BCUT2D eigenvalue weighted by Gasteiger charge is -2.35. The normalized spacial score (nSPS) is 16.9. The van der Waals surface area contributed by atoms with Gasteiger partial charge in [0.2, 0.25) is 0 Å². The molecule has 0 saturated heterocycles. The third-order valence-corrected chi connectivity index (χ3v) is 3.59. The summed E-state index contributed by atoms with van der Waals surface area (Å²) < 4.78 is 0. The third-order valence-electron chi connectivity index (χ3n) is 3.34. The number of hydrogen-bond donors (Lipinski definition) is 1. The summed E-state index contributed by atoms with van der Waals surface area (Å²) in [5.41, 5.74) is 0.160. The van der Waals surface area contributed by atoms with Gasteiger partial charge in [-0.2, -0.15) is 0 Å². The number of halogens is 1. The summed E-state index contributed by atoms with van der Waals surface area (Å²) in [6, 6.07) is 7.50. The van der Waals surface area contributed by atoms with Crippen LogP contribution in [0.3, 0.4) is 0 Å². The molecule has 3 heteroatoms. The first-order valence-corrected chi connectivity index (χ1v) is 6.41. The van der Waals surface area contributed by atoms with E-state index in [1.165, 1.54) is 0 Å². The zero-order chi connectivity index (χ0) is 13.1. The van der Waals surface area contributed by atoms with Crippen LogP contribution in [0.5, 0.6) is 0 Å². The van der Waals surface area contributed by atoms with Gasteiger partial charge >= 0.3 is 0 Å². The first-order chi connectivity index (χ1) is 7.90. The Morgan fingerprint density at radius 3 is 2.24 bits per heavy atom. The fourth-order valence-electron chi connectivity index (χ4n) is 2.27. The predicted molar refractivity (Wildman–Crippen MR) is 73.4 cm³/mol. The quantitative estimate of drug-likeness (QED) is 0.874. The van der Waals surface area contributed by atoms with Crippen LogP contribution < -0.4 is 0 Å². The average Bonchev–Trinajstić information content (AvgIpc) is 2.28. The molecule has 0 fully saturated rings. The van der Waals surface area contributed by atoms with Crippen LogP contribution in [0.25, 0.3) is 0 Å². The van der Waals surface area contributed by atoms with Crippen LogP contribution >= 0.6 is 11.6 Å². The molecule has 2 atom stereocenters. The van der Waals surface area contributed by atoms with Crippen molar-refractivity contribution >= 4 is 11.6 Å². The predicted octanol–water partition coefficient (Wildman–Crippen LogP) is 3.14. The molecule has 2 nitrogen and oxygen atoms in total. The van der Waals surface area contributed by atoms with Crippen molar-refractivity contribution in [2.45, 2.75) is 25.9 Å². The van der Waals surface area contributed by atoms with Crippen molar-refractivity contribution < 1.29 is 5.11 Å². The molecule has 1 aromatic carbocycles. The van der Waals surface area contributed by atoms with Gasteiger partial charge in [-0.3, -0.25) is 0 Å². The lowest BCUT2D eigenvalue weighted by Crippen LogP contribution is -2.38. The highest BCUT2D eigenvalue weighted by Gasteiger charge is 2.33. The number of nitrogens with zero attached hydrogens (tertiary/aromatic N) is 1. The lowest BCUT2D eigenvalue weighted by molar-refractivity contribution is -0.0291. The largest absolute Gasteiger partial charge is 0.385 e. The van der Waals surface area contributed by atoms with Crippen LogP contribution in [0.4, 0.5) is 0 Å². The maximum absolute atomic E-state index is 10.8. The molecule has 0 amide bonds. The standard InChI is InChI=1S/C14H22ClNO/c1-5-14(17,11(2)10-16(3)4)12-6-8-13(15)9-7-12/h6-9,11,17H,5,10H2,1-4H3. The highest BCUT2D eigenvalue weighted by atomic mass is 35.5. The number of rotatable bonds is 5. The fraction of sp³-hybridized carbons (Fsp3) is 0.571. The Morgan fingerprint density at radius 1 is 1.29 bits per heavy atom. The van der Waals surface area contributed by atoms with Crippen molar-refractivity contribution in [3.8, 4) is 0 Å². The van der Waals surface area contributed by atoms with E-state index in [4.69, 9.17) is 11.6 Å². The summed E-state index contributed by atoms with van der Waals surface area (Å²) in [6.07, 6.45) is 0.698. The zero-order valence-electron chi connectivity index (χ0n) is 11.1. The molecule has 0 aliphatic rings. The Kier molecular flexibility index (Phi) is 4.99. The lowest BCUT2D eigenvalue weighted by atomic mass is 9.80. The van der Waals surface area contributed by atoms with E-state index >= 15 is 0 Å². The second-order valence-electron chi connectivity index (χ2n) is 4.95. The van der Waals surface area contributed by atoms with Gasteiger partial charge in [-0.1, -0.05) is 37.6 Å². The van der Waals surface area contributed by atoms with E-state index < -0.39 is 5.60 Å². The molecule has 0 saturated carbocycles. The van der Waals surface area contributed by atoms with Gasteiger partial charge in [-0.15, -0.1) is 0 Å². The maximum atomic E-state index is 10.8. The van der Waals surface area contributed by atoms with Crippen LogP contribution in [0.15, 0.2) is 24.3 Å². The van der Waals surface area contributed by atoms with E-state index in [-0.39, 0.29) is 5.92 Å². The molecule has 0 aromatic heterocycles. The van der Waals surface area contributed by atoms with Crippen LogP contribution in [-0.4, -0.2) is 30.6 Å². The average molecular weight is 256 g/mol. The smallest absolute Gasteiger partial charge is 0.0931 e. The molecule has 0 heterocycles. The molecule has 0 bridgehead atoms. The zero-order valence-corrected chi connectivity index (χ0v) is 11.8. The first-order valence-electron chi connectivity index (χ1n) is 6.03. The minimum Gasteiger partial charge on any atom is -0.385 e. The van der Waals surface area contributed by atoms with Crippen LogP contribution in [0, 0.1) is 5.92 Å². The Balaban J connectivity index is 2.98. The maximum Gasteiger partial charge on any atom is 0.0931 e. The number of hydrogen-bond acceptors (Lipinski definition) is 2. The van der Waals surface area contributed by atoms with Gasteiger partial charge in [-0.05, 0) is 38.2 Å². The van der Waals surface area contributed by atoms with Gasteiger partial charge in [0.1, 0.15) is 0 Å². The van der Waals surface area contributed by atoms with Gasteiger partial charge in [0.15, 0.2) is 0 Å². The van der Waals surface area contributed by atoms with Crippen LogP contribution in [0.1, 0.15) is 25.8 Å². The highest BCUT2D eigenvalue weighted by molar-refractivity contribution is 6.30. The molecule has 17 heavy (non-hydrogen) atoms. The molecular weight excluding hydrogens is 234 g/mol. The summed E-state index contributed by atoms with van der Waals surface area (Å²) in [5.74, 6) is 0.170. The van der Waals surface area contributed by atoms with E-state index in [9.17, 15) is 5.11 Å². The van der Waals surface area contributed by atoms with E-state index in [0.29, 0.717) is 11.4 Å². The minimum atomic E-state index is -0.783. The van der Waals surface area contributed by atoms with E-state index in [1.54, 1.807) is 0 Å². The van der Waals surface area contributed by atoms with Gasteiger partial charge in [-0.25, -0.2) is 0 Å². The van der Waals surface area contributed by atoms with Crippen molar-refractivity contribution in [1.29, 1.82) is 0 Å². The second kappa shape index (κ2) is 5.85. The molecule has 0 aliphatic carbocycles. The van der Waals surface area contributed by atoms with Crippen LogP contribution in [0.2, 0.25) is 5.02 Å². The molecule has 1 N–H and O–H groups in total. The van der Waals surface area contributed by atoms with Crippen molar-refractivity contribution in [3.05, 3.63) is 34.9 Å². The summed E-state index contributed by atoms with van der Waals surface area (Å²) in [4.78, 5) is 2.10. The van der Waals surface area contributed by atoms with Gasteiger partial charge in [0, 0.05) is 17.5 Å². The summed E-state index contributed by atoms with van der Waals surface area (Å²) >= 11 is 5.88. The molecule has 96 valence electrons.